The normalized spacial score (nSPS) is 11.1. The molecule has 0 saturated carbocycles. The van der Waals surface area contributed by atoms with Crippen LogP contribution in [0.3, 0.4) is 0 Å². The molecule has 0 fully saturated rings. The molecule has 0 unspecified atom stereocenters. The van der Waals surface area contributed by atoms with E-state index in [-0.39, 0.29) is 5.91 Å². The SMILES string of the molecule is CC(=O)Nc1nc2c([nH]c3ccccc32)s1. The Morgan fingerprint density at radius 3 is 3.06 bits per heavy atom. The van der Waals surface area contributed by atoms with Crippen LogP contribution in [0.15, 0.2) is 24.3 Å². The van der Waals surface area contributed by atoms with Gasteiger partial charge in [-0.2, -0.15) is 0 Å². The van der Waals surface area contributed by atoms with Gasteiger partial charge in [-0.3, -0.25) is 4.79 Å². The molecule has 3 aromatic rings. The van der Waals surface area contributed by atoms with Gasteiger partial charge in [0.2, 0.25) is 5.91 Å². The standard InChI is InChI=1S/C11H9N3OS/c1-6(15)12-11-14-9-7-4-2-3-5-8(7)13-10(9)16-11/h2-5,13H,1H3,(H,12,14,15). The summed E-state index contributed by atoms with van der Waals surface area (Å²) in [6, 6.07) is 8.00. The number of aromatic nitrogens is 2. The minimum Gasteiger partial charge on any atom is -0.345 e. The number of benzene rings is 1. The Labute approximate surface area is 95.3 Å². The van der Waals surface area contributed by atoms with E-state index >= 15 is 0 Å². The average molecular weight is 231 g/mol. The highest BCUT2D eigenvalue weighted by atomic mass is 32.1. The third kappa shape index (κ3) is 1.37. The zero-order chi connectivity index (χ0) is 11.1. The van der Waals surface area contributed by atoms with Gasteiger partial charge in [0, 0.05) is 17.8 Å². The highest BCUT2D eigenvalue weighted by Gasteiger charge is 2.10. The van der Waals surface area contributed by atoms with Crippen molar-refractivity contribution in [3.63, 3.8) is 0 Å². The lowest BCUT2D eigenvalue weighted by Gasteiger charge is -1.93. The van der Waals surface area contributed by atoms with Crippen molar-refractivity contribution >= 4 is 43.6 Å². The maximum Gasteiger partial charge on any atom is 0.223 e. The molecule has 0 aliphatic heterocycles. The Hall–Kier alpha value is -1.88. The van der Waals surface area contributed by atoms with Crippen molar-refractivity contribution in [2.75, 3.05) is 5.32 Å². The smallest absolute Gasteiger partial charge is 0.223 e. The van der Waals surface area contributed by atoms with Crippen LogP contribution in [0.4, 0.5) is 5.13 Å². The molecule has 5 heteroatoms. The van der Waals surface area contributed by atoms with E-state index in [2.05, 4.69) is 15.3 Å². The van der Waals surface area contributed by atoms with Crippen LogP contribution in [0, 0.1) is 0 Å². The topological polar surface area (TPSA) is 57.8 Å². The summed E-state index contributed by atoms with van der Waals surface area (Å²) in [7, 11) is 0. The lowest BCUT2D eigenvalue weighted by atomic mass is 10.2. The molecular formula is C11H9N3OS. The first-order valence-electron chi connectivity index (χ1n) is 4.89. The number of amides is 1. The lowest BCUT2D eigenvalue weighted by molar-refractivity contribution is -0.114. The number of hydrogen-bond donors (Lipinski definition) is 2. The number of thiazole rings is 1. The van der Waals surface area contributed by atoms with Gasteiger partial charge in [-0.1, -0.05) is 29.5 Å². The van der Waals surface area contributed by atoms with Crippen LogP contribution in [-0.4, -0.2) is 15.9 Å². The molecule has 0 aliphatic carbocycles. The van der Waals surface area contributed by atoms with E-state index in [1.165, 1.54) is 18.3 Å². The fraction of sp³-hybridized carbons (Fsp3) is 0.0909. The first-order chi connectivity index (χ1) is 7.74. The quantitative estimate of drug-likeness (QED) is 0.676. The number of carbonyl (C=O) groups is 1. The maximum atomic E-state index is 10.9. The van der Waals surface area contributed by atoms with Gasteiger partial charge in [0.1, 0.15) is 10.3 Å². The number of para-hydroxylation sites is 1. The van der Waals surface area contributed by atoms with Crippen molar-refractivity contribution in [3.05, 3.63) is 24.3 Å². The van der Waals surface area contributed by atoms with E-state index in [1.54, 1.807) is 0 Å². The van der Waals surface area contributed by atoms with Gasteiger partial charge in [-0.25, -0.2) is 4.98 Å². The molecular weight excluding hydrogens is 222 g/mol. The molecule has 1 aromatic carbocycles. The van der Waals surface area contributed by atoms with E-state index in [9.17, 15) is 4.79 Å². The van der Waals surface area contributed by atoms with Gasteiger partial charge in [0.05, 0.1) is 0 Å². The molecule has 0 bridgehead atoms. The first-order valence-corrected chi connectivity index (χ1v) is 5.70. The summed E-state index contributed by atoms with van der Waals surface area (Å²) in [6.07, 6.45) is 0. The van der Waals surface area contributed by atoms with Crippen LogP contribution in [0.5, 0.6) is 0 Å². The summed E-state index contributed by atoms with van der Waals surface area (Å²) in [6.45, 7) is 1.48. The number of anilines is 1. The van der Waals surface area contributed by atoms with Crippen molar-refractivity contribution in [1.82, 2.24) is 9.97 Å². The Morgan fingerprint density at radius 2 is 2.25 bits per heavy atom. The highest BCUT2D eigenvalue weighted by molar-refractivity contribution is 7.22. The molecule has 2 heterocycles. The molecule has 1 amide bonds. The Balaban J connectivity index is 2.22. The van der Waals surface area contributed by atoms with Gasteiger partial charge in [0.25, 0.3) is 0 Å². The molecule has 0 saturated heterocycles. The molecule has 0 aliphatic rings. The molecule has 0 atom stereocenters. The van der Waals surface area contributed by atoms with E-state index in [1.807, 2.05) is 24.3 Å². The van der Waals surface area contributed by atoms with Crippen LogP contribution in [0.2, 0.25) is 0 Å². The lowest BCUT2D eigenvalue weighted by Crippen LogP contribution is -2.04. The van der Waals surface area contributed by atoms with Crippen molar-refractivity contribution in [2.45, 2.75) is 6.92 Å². The largest absolute Gasteiger partial charge is 0.345 e. The van der Waals surface area contributed by atoms with E-state index in [0.717, 1.165) is 21.3 Å². The van der Waals surface area contributed by atoms with Crippen LogP contribution >= 0.6 is 11.3 Å². The molecule has 80 valence electrons. The Kier molecular flexibility index (Phi) is 1.94. The fourth-order valence-corrected chi connectivity index (χ4v) is 2.65. The van der Waals surface area contributed by atoms with Crippen molar-refractivity contribution in [2.24, 2.45) is 0 Å². The third-order valence-electron chi connectivity index (χ3n) is 2.34. The number of H-pyrrole nitrogens is 1. The summed E-state index contributed by atoms with van der Waals surface area (Å²) in [5.41, 5.74) is 2.00. The number of nitrogens with one attached hydrogen (secondary N) is 2. The number of nitrogens with zero attached hydrogens (tertiary/aromatic N) is 1. The van der Waals surface area contributed by atoms with Crippen molar-refractivity contribution in [1.29, 1.82) is 0 Å². The highest BCUT2D eigenvalue weighted by Crippen LogP contribution is 2.31. The number of carbonyl (C=O) groups excluding carboxylic acids is 1. The zero-order valence-corrected chi connectivity index (χ0v) is 9.39. The predicted molar refractivity (Wildman–Crippen MR) is 65.8 cm³/mol. The van der Waals surface area contributed by atoms with Crippen LogP contribution in [0.25, 0.3) is 21.3 Å². The van der Waals surface area contributed by atoms with Gasteiger partial charge in [-0.15, -0.1) is 0 Å². The first kappa shape index (κ1) is 9.35. The van der Waals surface area contributed by atoms with Crippen molar-refractivity contribution in [3.8, 4) is 0 Å². The summed E-state index contributed by atoms with van der Waals surface area (Å²) < 4.78 is 0. The Morgan fingerprint density at radius 1 is 1.44 bits per heavy atom. The van der Waals surface area contributed by atoms with Gasteiger partial charge >= 0.3 is 0 Å². The van der Waals surface area contributed by atoms with E-state index in [0.29, 0.717) is 5.13 Å². The van der Waals surface area contributed by atoms with E-state index in [4.69, 9.17) is 0 Å². The average Bonchev–Trinajstić information content (AvgIpc) is 2.73. The number of fused-ring (bicyclic) bond motifs is 3. The molecule has 2 N–H and O–H groups in total. The summed E-state index contributed by atoms with van der Waals surface area (Å²) in [5, 5.41) is 4.42. The number of hydrogen-bond acceptors (Lipinski definition) is 3. The van der Waals surface area contributed by atoms with Gasteiger partial charge < -0.3 is 10.3 Å². The summed E-state index contributed by atoms with van der Waals surface area (Å²) >= 11 is 1.45. The maximum absolute atomic E-state index is 10.9. The zero-order valence-electron chi connectivity index (χ0n) is 8.57. The summed E-state index contributed by atoms with van der Waals surface area (Å²) in [4.78, 5) is 19.6. The van der Waals surface area contributed by atoms with Crippen LogP contribution in [0.1, 0.15) is 6.92 Å². The summed E-state index contributed by atoms with van der Waals surface area (Å²) in [5.74, 6) is -0.0966. The van der Waals surface area contributed by atoms with Crippen molar-refractivity contribution < 1.29 is 4.79 Å². The monoisotopic (exact) mass is 231 g/mol. The molecule has 4 nitrogen and oxygen atoms in total. The Bertz CT molecular complexity index is 683. The second-order valence-electron chi connectivity index (χ2n) is 3.55. The minimum absolute atomic E-state index is 0.0966. The number of aromatic amines is 1. The minimum atomic E-state index is -0.0966. The van der Waals surface area contributed by atoms with Gasteiger partial charge in [-0.05, 0) is 6.07 Å². The number of rotatable bonds is 1. The molecule has 0 radical (unpaired) electrons. The predicted octanol–water partition coefficient (Wildman–Crippen LogP) is 2.74. The second kappa shape index (κ2) is 3.31. The molecule has 0 spiro atoms. The van der Waals surface area contributed by atoms with E-state index < -0.39 is 0 Å². The molecule has 2 aromatic heterocycles. The second-order valence-corrected chi connectivity index (χ2v) is 4.55. The fourth-order valence-electron chi connectivity index (χ4n) is 1.71. The molecule has 3 rings (SSSR count). The third-order valence-corrected chi connectivity index (χ3v) is 3.23. The van der Waals surface area contributed by atoms with Gasteiger partial charge in [0.15, 0.2) is 5.13 Å². The molecule has 16 heavy (non-hydrogen) atoms. The van der Waals surface area contributed by atoms with Crippen LogP contribution in [-0.2, 0) is 4.79 Å². The van der Waals surface area contributed by atoms with Crippen LogP contribution < -0.4 is 5.32 Å².